The first-order chi connectivity index (χ1) is 7.63. The van der Waals surface area contributed by atoms with E-state index >= 15 is 0 Å². The third-order valence-corrected chi connectivity index (χ3v) is 2.08. The molecule has 0 fully saturated rings. The summed E-state index contributed by atoms with van der Waals surface area (Å²) in [5, 5.41) is 14.5. The first-order valence-electron chi connectivity index (χ1n) is 5.03. The van der Waals surface area contributed by atoms with Crippen molar-refractivity contribution in [1.82, 2.24) is 5.01 Å². The third-order valence-electron chi connectivity index (χ3n) is 2.08. The van der Waals surface area contributed by atoms with Gasteiger partial charge in [0.2, 0.25) is 0 Å². The Bertz CT molecular complexity index is 386. The monoisotopic (exact) mass is 216 g/mol. The van der Waals surface area contributed by atoms with E-state index < -0.39 is 0 Å². The number of rotatable bonds is 4. The van der Waals surface area contributed by atoms with Gasteiger partial charge in [-0.25, -0.2) is 0 Å². The fourth-order valence-corrected chi connectivity index (χ4v) is 1.19. The van der Waals surface area contributed by atoms with Gasteiger partial charge >= 0.3 is 0 Å². The molecule has 0 radical (unpaired) electrons. The highest BCUT2D eigenvalue weighted by Gasteiger charge is 1.98. The first kappa shape index (κ1) is 12.1. The van der Waals surface area contributed by atoms with E-state index in [0.29, 0.717) is 6.54 Å². The largest absolute Gasteiger partial charge is 0.361 e. The van der Waals surface area contributed by atoms with Gasteiger partial charge in [-0.1, -0.05) is 12.1 Å². The summed E-state index contributed by atoms with van der Waals surface area (Å²) in [4.78, 5) is 1.90. The van der Waals surface area contributed by atoms with Crippen LogP contribution in [0.2, 0.25) is 0 Å². The Kier molecular flexibility index (Phi) is 4.34. The van der Waals surface area contributed by atoms with Gasteiger partial charge in [-0.05, 0) is 17.7 Å². The highest BCUT2D eigenvalue weighted by atomic mass is 15.4. The predicted octanol–water partition coefficient (Wildman–Crippen LogP) is 1.54. The number of hydrogen-bond acceptors (Lipinski definition) is 4. The molecule has 0 aliphatic rings. The lowest BCUT2D eigenvalue weighted by Crippen LogP contribution is -2.16. The van der Waals surface area contributed by atoms with Crippen molar-refractivity contribution < 1.29 is 0 Å². The van der Waals surface area contributed by atoms with Crippen molar-refractivity contribution in [3.63, 3.8) is 0 Å². The minimum atomic E-state index is 0.394. The summed E-state index contributed by atoms with van der Waals surface area (Å²) in [6.07, 6.45) is 1.80. The predicted molar refractivity (Wildman–Crippen MR) is 66.6 cm³/mol. The Labute approximate surface area is 96.4 Å². The summed E-state index contributed by atoms with van der Waals surface area (Å²) in [6.45, 7) is 0.394. The molecule has 1 aromatic rings. The van der Waals surface area contributed by atoms with Crippen LogP contribution < -0.4 is 4.90 Å². The number of nitriles is 1. The zero-order chi connectivity index (χ0) is 12.0. The van der Waals surface area contributed by atoms with Crippen LogP contribution in [-0.2, 0) is 0 Å². The summed E-state index contributed by atoms with van der Waals surface area (Å²) in [6, 6.07) is 10.0. The van der Waals surface area contributed by atoms with E-state index in [-0.39, 0.29) is 0 Å². The smallest absolute Gasteiger partial charge is 0.105 e. The molecule has 4 nitrogen and oxygen atoms in total. The zero-order valence-electron chi connectivity index (χ0n) is 9.88. The van der Waals surface area contributed by atoms with Gasteiger partial charge < -0.3 is 9.91 Å². The highest BCUT2D eigenvalue weighted by molar-refractivity contribution is 5.80. The maximum atomic E-state index is 8.58. The summed E-state index contributed by atoms with van der Waals surface area (Å²) in [5.41, 5.74) is 2.08. The van der Waals surface area contributed by atoms with Crippen LogP contribution in [-0.4, -0.2) is 38.9 Å². The lowest BCUT2D eigenvalue weighted by Gasteiger charge is -2.14. The lowest BCUT2D eigenvalue weighted by atomic mass is 10.2. The first-order valence-corrected chi connectivity index (χ1v) is 5.03. The van der Waals surface area contributed by atoms with Gasteiger partial charge in [-0.15, -0.1) is 0 Å². The van der Waals surface area contributed by atoms with Gasteiger partial charge in [0, 0.05) is 26.8 Å². The Hall–Kier alpha value is -2.02. The number of nitrogens with zero attached hydrogens (tertiary/aromatic N) is 4. The third kappa shape index (κ3) is 3.62. The van der Waals surface area contributed by atoms with Crippen LogP contribution in [0.3, 0.4) is 0 Å². The number of anilines is 1. The average molecular weight is 216 g/mol. The second-order valence-corrected chi connectivity index (χ2v) is 3.70. The van der Waals surface area contributed by atoms with E-state index in [9.17, 15) is 0 Å². The van der Waals surface area contributed by atoms with Gasteiger partial charge in [0.1, 0.15) is 6.54 Å². The number of benzene rings is 1. The summed E-state index contributed by atoms with van der Waals surface area (Å²) in [7, 11) is 5.66. The molecule has 0 spiro atoms. The van der Waals surface area contributed by atoms with Crippen molar-refractivity contribution in [1.29, 1.82) is 5.26 Å². The Morgan fingerprint density at radius 1 is 1.25 bits per heavy atom. The molecule has 4 heteroatoms. The van der Waals surface area contributed by atoms with Crippen molar-refractivity contribution in [3.8, 4) is 6.07 Å². The van der Waals surface area contributed by atoms with Crippen molar-refractivity contribution in [3.05, 3.63) is 29.8 Å². The summed E-state index contributed by atoms with van der Waals surface area (Å²) in [5.74, 6) is 0. The maximum absolute atomic E-state index is 8.58. The molecule has 1 rings (SSSR count). The molecule has 0 unspecified atom stereocenters. The molecule has 0 atom stereocenters. The summed E-state index contributed by atoms with van der Waals surface area (Å²) >= 11 is 0. The quantitative estimate of drug-likeness (QED) is 0.435. The van der Waals surface area contributed by atoms with Crippen LogP contribution in [0.15, 0.2) is 29.4 Å². The standard InChI is InChI=1S/C12H16N4/c1-15(2)14-10-11-4-6-12(7-5-11)16(3)9-8-13/h4-7,10H,9H2,1-3H3. The van der Waals surface area contributed by atoms with E-state index in [1.54, 1.807) is 11.2 Å². The second-order valence-electron chi connectivity index (χ2n) is 3.70. The van der Waals surface area contributed by atoms with Crippen LogP contribution in [0.4, 0.5) is 5.69 Å². The minimum absolute atomic E-state index is 0.394. The molecular formula is C12H16N4. The molecule has 0 aromatic heterocycles. The number of hydrazone groups is 1. The second kappa shape index (κ2) is 5.76. The van der Waals surface area contributed by atoms with Gasteiger partial charge in [0.15, 0.2) is 0 Å². The van der Waals surface area contributed by atoms with E-state index in [4.69, 9.17) is 5.26 Å². The van der Waals surface area contributed by atoms with Crippen molar-refractivity contribution in [2.45, 2.75) is 0 Å². The number of hydrogen-bond donors (Lipinski definition) is 0. The van der Waals surface area contributed by atoms with Crippen LogP contribution in [0.1, 0.15) is 5.56 Å². The van der Waals surface area contributed by atoms with Crippen molar-refractivity contribution in [2.24, 2.45) is 5.10 Å². The van der Waals surface area contributed by atoms with E-state index in [1.807, 2.05) is 50.3 Å². The molecule has 0 aliphatic heterocycles. The topological polar surface area (TPSA) is 42.6 Å². The molecule has 0 bridgehead atoms. The van der Waals surface area contributed by atoms with Gasteiger partial charge in [-0.3, -0.25) is 0 Å². The van der Waals surface area contributed by atoms with Gasteiger partial charge in [0.25, 0.3) is 0 Å². The fourth-order valence-electron chi connectivity index (χ4n) is 1.19. The Morgan fingerprint density at radius 2 is 1.88 bits per heavy atom. The van der Waals surface area contributed by atoms with E-state index in [1.165, 1.54) is 0 Å². The SMILES string of the molecule is CN(C)N=Cc1ccc(N(C)CC#N)cc1. The van der Waals surface area contributed by atoms with Crippen LogP contribution >= 0.6 is 0 Å². The van der Waals surface area contributed by atoms with Crippen LogP contribution in [0.25, 0.3) is 0 Å². The van der Waals surface area contributed by atoms with Crippen molar-refractivity contribution >= 4 is 11.9 Å². The molecule has 0 saturated carbocycles. The lowest BCUT2D eigenvalue weighted by molar-refractivity contribution is 0.440. The molecule has 0 N–H and O–H groups in total. The van der Waals surface area contributed by atoms with Gasteiger partial charge in [-0.2, -0.15) is 10.4 Å². The van der Waals surface area contributed by atoms with Gasteiger partial charge in [0.05, 0.1) is 12.3 Å². The summed E-state index contributed by atoms with van der Waals surface area (Å²) < 4.78 is 0. The molecular weight excluding hydrogens is 200 g/mol. The Morgan fingerprint density at radius 3 is 2.38 bits per heavy atom. The molecule has 16 heavy (non-hydrogen) atoms. The fraction of sp³-hybridized carbons (Fsp3) is 0.333. The molecule has 1 aromatic carbocycles. The molecule has 84 valence electrons. The average Bonchev–Trinajstić information content (AvgIpc) is 2.27. The molecule has 0 aliphatic carbocycles. The highest BCUT2D eigenvalue weighted by Crippen LogP contribution is 2.12. The molecule has 0 heterocycles. The maximum Gasteiger partial charge on any atom is 0.105 e. The van der Waals surface area contributed by atoms with E-state index in [0.717, 1.165) is 11.3 Å². The zero-order valence-corrected chi connectivity index (χ0v) is 9.88. The normalized spacial score (nSPS) is 10.1. The van der Waals surface area contributed by atoms with Crippen LogP contribution in [0.5, 0.6) is 0 Å². The minimum Gasteiger partial charge on any atom is -0.361 e. The van der Waals surface area contributed by atoms with Crippen LogP contribution in [0, 0.1) is 11.3 Å². The van der Waals surface area contributed by atoms with Crippen molar-refractivity contribution in [2.75, 3.05) is 32.6 Å². The molecule has 0 amide bonds. The Balaban J connectivity index is 2.72. The van der Waals surface area contributed by atoms with E-state index in [2.05, 4.69) is 11.2 Å². The molecule has 0 saturated heterocycles.